The second-order valence-corrected chi connectivity index (χ2v) is 4.52. The standard InChI is InChI=1S/C14H14O4/c1-16-11-6-4-10-5-7-12(15)18-13(10)14(11)17-8-9-2-3-9/h4-7,9H,2-3,8H2,1H3. The fourth-order valence-corrected chi connectivity index (χ4v) is 1.87. The van der Waals surface area contributed by atoms with Crippen LogP contribution in [-0.4, -0.2) is 13.7 Å². The molecule has 1 aliphatic rings. The number of methoxy groups -OCH3 is 1. The molecular weight excluding hydrogens is 232 g/mol. The van der Waals surface area contributed by atoms with Gasteiger partial charge in [-0.15, -0.1) is 0 Å². The first-order valence-corrected chi connectivity index (χ1v) is 6.01. The average molecular weight is 246 g/mol. The molecule has 0 N–H and O–H groups in total. The Balaban J connectivity index is 2.09. The quantitative estimate of drug-likeness (QED) is 0.778. The van der Waals surface area contributed by atoms with E-state index in [1.165, 1.54) is 18.9 Å². The first kappa shape index (κ1) is 11.1. The molecule has 0 radical (unpaired) electrons. The van der Waals surface area contributed by atoms with Gasteiger partial charge in [-0.1, -0.05) is 0 Å². The highest BCUT2D eigenvalue weighted by molar-refractivity contribution is 5.85. The highest BCUT2D eigenvalue weighted by atomic mass is 16.5. The van der Waals surface area contributed by atoms with Crippen LogP contribution in [-0.2, 0) is 0 Å². The van der Waals surface area contributed by atoms with Crippen LogP contribution >= 0.6 is 0 Å². The van der Waals surface area contributed by atoms with Crippen molar-refractivity contribution in [2.45, 2.75) is 12.8 Å². The van der Waals surface area contributed by atoms with Gasteiger partial charge in [0.25, 0.3) is 0 Å². The van der Waals surface area contributed by atoms with Crippen molar-refractivity contribution < 1.29 is 13.9 Å². The summed E-state index contributed by atoms with van der Waals surface area (Å²) in [5.41, 5.74) is 0.0783. The number of hydrogen-bond donors (Lipinski definition) is 0. The Kier molecular flexibility index (Phi) is 2.70. The van der Waals surface area contributed by atoms with E-state index in [2.05, 4.69) is 0 Å². The van der Waals surface area contributed by atoms with Crippen LogP contribution in [0, 0.1) is 5.92 Å². The van der Waals surface area contributed by atoms with Gasteiger partial charge in [-0.3, -0.25) is 0 Å². The largest absolute Gasteiger partial charge is 0.493 e. The minimum Gasteiger partial charge on any atom is -0.493 e. The number of hydrogen-bond acceptors (Lipinski definition) is 4. The maximum Gasteiger partial charge on any atom is 0.336 e. The molecule has 94 valence electrons. The molecule has 0 amide bonds. The second kappa shape index (κ2) is 4.37. The van der Waals surface area contributed by atoms with Gasteiger partial charge in [-0.05, 0) is 37.0 Å². The molecular formula is C14H14O4. The van der Waals surface area contributed by atoms with Crippen LogP contribution in [0.5, 0.6) is 11.5 Å². The van der Waals surface area contributed by atoms with E-state index in [9.17, 15) is 4.79 Å². The zero-order chi connectivity index (χ0) is 12.5. The monoisotopic (exact) mass is 246 g/mol. The highest BCUT2D eigenvalue weighted by Crippen LogP contribution is 2.37. The Labute approximate surface area is 104 Å². The second-order valence-electron chi connectivity index (χ2n) is 4.52. The molecule has 2 aromatic rings. The van der Waals surface area contributed by atoms with Crippen LogP contribution in [0.15, 0.2) is 33.5 Å². The summed E-state index contributed by atoms with van der Waals surface area (Å²) in [4.78, 5) is 11.3. The molecule has 0 unspecified atom stereocenters. The lowest BCUT2D eigenvalue weighted by atomic mass is 10.2. The van der Waals surface area contributed by atoms with Crippen molar-refractivity contribution >= 4 is 11.0 Å². The number of benzene rings is 1. The molecule has 4 nitrogen and oxygen atoms in total. The Hall–Kier alpha value is -1.97. The number of fused-ring (bicyclic) bond motifs is 1. The fraction of sp³-hybridized carbons (Fsp3) is 0.357. The Morgan fingerprint density at radius 1 is 1.28 bits per heavy atom. The van der Waals surface area contributed by atoms with Crippen molar-refractivity contribution in [2.75, 3.05) is 13.7 Å². The lowest BCUT2D eigenvalue weighted by molar-refractivity contribution is 0.279. The topological polar surface area (TPSA) is 48.7 Å². The van der Waals surface area contributed by atoms with Crippen molar-refractivity contribution in [2.24, 2.45) is 5.92 Å². The van der Waals surface area contributed by atoms with E-state index in [-0.39, 0.29) is 5.63 Å². The van der Waals surface area contributed by atoms with Gasteiger partial charge < -0.3 is 13.9 Å². The summed E-state index contributed by atoms with van der Waals surface area (Å²) in [5.74, 6) is 1.75. The zero-order valence-corrected chi connectivity index (χ0v) is 10.1. The van der Waals surface area contributed by atoms with Crippen LogP contribution in [0.3, 0.4) is 0 Å². The van der Waals surface area contributed by atoms with E-state index < -0.39 is 0 Å². The minimum absolute atomic E-state index is 0.382. The summed E-state index contributed by atoms with van der Waals surface area (Å²) < 4.78 is 16.2. The molecule has 1 saturated carbocycles. The summed E-state index contributed by atoms with van der Waals surface area (Å²) in [6.07, 6.45) is 2.41. The summed E-state index contributed by atoms with van der Waals surface area (Å²) in [6, 6.07) is 6.80. The number of rotatable bonds is 4. The molecule has 1 aliphatic carbocycles. The van der Waals surface area contributed by atoms with Gasteiger partial charge in [0, 0.05) is 11.5 Å². The number of ether oxygens (including phenoxy) is 2. The van der Waals surface area contributed by atoms with Gasteiger partial charge >= 0.3 is 5.63 Å². The zero-order valence-electron chi connectivity index (χ0n) is 10.1. The molecule has 1 aromatic heterocycles. The predicted molar refractivity (Wildman–Crippen MR) is 67.3 cm³/mol. The first-order valence-electron chi connectivity index (χ1n) is 6.01. The molecule has 4 heteroatoms. The van der Waals surface area contributed by atoms with E-state index in [1.54, 1.807) is 13.2 Å². The summed E-state index contributed by atoms with van der Waals surface area (Å²) in [7, 11) is 1.58. The van der Waals surface area contributed by atoms with Crippen LogP contribution in [0.25, 0.3) is 11.0 Å². The van der Waals surface area contributed by atoms with Crippen LogP contribution in [0.1, 0.15) is 12.8 Å². The molecule has 1 aromatic carbocycles. The molecule has 0 saturated heterocycles. The normalized spacial score (nSPS) is 14.7. The lowest BCUT2D eigenvalue weighted by Crippen LogP contribution is -2.03. The molecule has 3 rings (SSSR count). The third kappa shape index (κ3) is 2.06. The fourth-order valence-electron chi connectivity index (χ4n) is 1.87. The maximum absolute atomic E-state index is 11.3. The van der Waals surface area contributed by atoms with Crippen molar-refractivity contribution in [3.63, 3.8) is 0 Å². The Bertz CT molecular complexity index is 625. The van der Waals surface area contributed by atoms with E-state index >= 15 is 0 Å². The first-order chi connectivity index (χ1) is 8.78. The van der Waals surface area contributed by atoms with Crippen molar-refractivity contribution in [3.05, 3.63) is 34.7 Å². The smallest absolute Gasteiger partial charge is 0.336 e. The summed E-state index contributed by atoms with van der Waals surface area (Å²) in [6.45, 7) is 0.647. The van der Waals surface area contributed by atoms with Gasteiger partial charge in [0.2, 0.25) is 5.75 Å². The minimum atomic E-state index is -0.382. The van der Waals surface area contributed by atoms with E-state index in [0.29, 0.717) is 29.6 Å². The van der Waals surface area contributed by atoms with Gasteiger partial charge in [0.05, 0.1) is 13.7 Å². The molecule has 0 bridgehead atoms. The average Bonchev–Trinajstić information content (AvgIpc) is 3.19. The van der Waals surface area contributed by atoms with Crippen molar-refractivity contribution in [3.8, 4) is 11.5 Å². The van der Waals surface area contributed by atoms with Crippen molar-refractivity contribution in [1.82, 2.24) is 0 Å². The SMILES string of the molecule is COc1ccc2ccc(=O)oc2c1OCC1CC1. The molecule has 0 atom stereocenters. The van der Waals surface area contributed by atoms with Crippen LogP contribution in [0.4, 0.5) is 0 Å². The Morgan fingerprint density at radius 2 is 2.06 bits per heavy atom. The molecule has 18 heavy (non-hydrogen) atoms. The highest BCUT2D eigenvalue weighted by Gasteiger charge is 2.23. The molecule has 1 fully saturated rings. The van der Waals surface area contributed by atoms with E-state index in [1.807, 2.05) is 12.1 Å². The predicted octanol–water partition coefficient (Wildman–Crippen LogP) is 2.59. The maximum atomic E-state index is 11.3. The van der Waals surface area contributed by atoms with Gasteiger partial charge in [0.1, 0.15) is 0 Å². The summed E-state index contributed by atoms with van der Waals surface area (Å²) in [5, 5.41) is 0.834. The van der Waals surface area contributed by atoms with E-state index in [0.717, 1.165) is 5.39 Å². The molecule has 1 heterocycles. The van der Waals surface area contributed by atoms with Gasteiger partial charge in [-0.25, -0.2) is 4.79 Å². The van der Waals surface area contributed by atoms with Crippen LogP contribution in [0.2, 0.25) is 0 Å². The lowest BCUT2D eigenvalue weighted by Gasteiger charge is -2.11. The Morgan fingerprint density at radius 3 is 2.78 bits per heavy atom. The third-order valence-corrected chi connectivity index (χ3v) is 3.09. The van der Waals surface area contributed by atoms with Gasteiger partial charge in [-0.2, -0.15) is 0 Å². The van der Waals surface area contributed by atoms with Crippen LogP contribution < -0.4 is 15.1 Å². The molecule has 0 spiro atoms. The molecule has 0 aliphatic heterocycles. The summed E-state index contributed by atoms with van der Waals surface area (Å²) >= 11 is 0. The van der Waals surface area contributed by atoms with E-state index in [4.69, 9.17) is 13.9 Å². The van der Waals surface area contributed by atoms with Crippen molar-refractivity contribution in [1.29, 1.82) is 0 Å². The third-order valence-electron chi connectivity index (χ3n) is 3.09. The van der Waals surface area contributed by atoms with Gasteiger partial charge in [0.15, 0.2) is 11.3 Å².